The zero-order chi connectivity index (χ0) is 16.5. The standard InChI is InChI=1S/C6H6N4O4.C6H8N2/c7-8-5-2-1-4(9(11)12)3-6(5)10(13)14;7-8-6-4-2-1-3-5-6/h1-3,8H,7H2;1-5,8H,7H2. The van der Waals surface area contributed by atoms with Crippen molar-refractivity contribution in [2.45, 2.75) is 0 Å². The van der Waals surface area contributed by atoms with Crippen molar-refractivity contribution in [3.63, 3.8) is 0 Å². The molecule has 0 aliphatic heterocycles. The fourth-order valence-corrected chi connectivity index (χ4v) is 1.44. The second-order valence-electron chi connectivity index (χ2n) is 3.87. The topological polar surface area (TPSA) is 162 Å². The second kappa shape index (κ2) is 8.14. The summed E-state index contributed by atoms with van der Waals surface area (Å²) in [6.07, 6.45) is 0. The Bertz CT molecular complexity index is 649. The van der Waals surface area contributed by atoms with Crippen LogP contribution in [0, 0.1) is 20.2 Å². The van der Waals surface area contributed by atoms with Crippen LogP contribution in [0.1, 0.15) is 0 Å². The Morgan fingerprint density at radius 2 is 1.50 bits per heavy atom. The molecule has 22 heavy (non-hydrogen) atoms. The van der Waals surface area contributed by atoms with Gasteiger partial charge in [0.1, 0.15) is 5.69 Å². The van der Waals surface area contributed by atoms with E-state index in [-0.39, 0.29) is 11.4 Å². The molecule has 0 saturated heterocycles. The molecule has 10 heteroatoms. The lowest BCUT2D eigenvalue weighted by Gasteiger charge is -2.00. The van der Waals surface area contributed by atoms with E-state index >= 15 is 0 Å². The first-order chi connectivity index (χ1) is 10.5. The summed E-state index contributed by atoms with van der Waals surface area (Å²) < 4.78 is 0. The summed E-state index contributed by atoms with van der Waals surface area (Å²) in [5.74, 6) is 10.1. The first-order valence-corrected chi connectivity index (χ1v) is 5.90. The van der Waals surface area contributed by atoms with Gasteiger partial charge in [-0.1, -0.05) is 18.2 Å². The molecule has 0 unspecified atom stereocenters. The van der Waals surface area contributed by atoms with Crippen LogP contribution >= 0.6 is 0 Å². The molecule has 0 aliphatic carbocycles. The Labute approximate surface area is 125 Å². The Kier molecular flexibility index (Phi) is 6.22. The van der Waals surface area contributed by atoms with Crippen LogP contribution in [-0.2, 0) is 0 Å². The van der Waals surface area contributed by atoms with Gasteiger partial charge >= 0.3 is 5.69 Å². The lowest BCUT2D eigenvalue weighted by Crippen LogP contribution is -2.09. The van der Waals surface area contributed by atoms with Gasteiger partial charge in [-0.05, 0) is 18.2 Å². The molecule has 0 aromatic heterocycles. The van der Waals surface area contributed by atoms with Crippen molar-refractivity contribution < 1.29 is 9.85 Å². The number of para-hydroxylation sites is 1. The minimum atomic E-state index is -0.748. The van der Waals surface area contributed by atoms with Crippen molar-refractivity contribution in [3.8, 4) is 0 Å². The molecule has 0 saturated carbocycles. The number of hydrogen-bond acceptors (Lipinski definition) is 8. The number of non-ortho nitro benzene ring substituents is 1. The second-order valence-corrected chi connectivity index (χ2v) is 3.87. The van der Waals surface area contributed by atoms with Crippen LogP contribution in [0.5, 0.6) is 0 Å². The summed E-state index contributed by atoms with van der Waals surface area (Å²) in [6.45, 7) is 0. The van der Waals surface area contributed by atoms with Crippen molar-refractivity contribution >= 4 is 22.7 Å². The quantitative estimate of drug-likeness (QED) is 0.377. The number of nitrogen functional groups attached to an aromatic ring is 2. The van der Waals surface area contributed by atoms with E-state index in [4.69, 9.17) is 11.7 Å². The highest BCUT2D eigenvalue weighted by atomic mass is 16.6. The third-order valence-corrected chi connectivity index (χ3v) is 2.48. The van der Waals surface area contributed by atoms with Crippen LogP contribution in [0.2, 0.25) is 0 Å². The molecule has 0 radical (unpaired) electrons. The van der Waals surface area contributed by atoms with Crippen LogP contribution in [0.25, 0.3) is 0 Å². The molecule has 2 aromatic rings. The molecule has 0 spiro atoms. The Hall–Kier alpha value is -3.24. The normalized spacial score (nSPS) is 9.18. The molecule has 0 aliphatic rings. The molecular weight excluding hydrogens is 292 g/mol. The van der Waals surface area contributed by atoms with Gasteiger partial charge in [-0.25, -0.2) is 0 Å². The van der Waals surface area contributed by atoms with Gasteiger partial charge in [-0.3, -0.25) is 31.9 Å². The molecule has 6 N–H and O–H groups in total. The summed E-state index contributed by atoms with van der Waals surface area (Å²) in [4.78, 5) is 19.3. The minimum absolute atomic E-state index is 0.0283. The highest BCUT2D eigenvalue weighted by molar-refractivity contribution is 5.64. The van der Waals surface area contributed by atoms with Crippen molar-refractivity contribution in [2.24, 2.45) is 11.7 Å². The van der Waals surface area contributed by atoms with Crippen LogP contribution in [0.3, 0.4) is 0 Å². The van der Waals surface area contributed by atoms with Gasteiger partial charge < -0.3 is 10.9 Å². The smallest absolute Gasteiger partial charge is 0.300 e. The summed E-state index contributed by atoms with van der Waals surface area (Å²) in [6, 6.07) is 12.7. The number of nitro groups is 2. The monoisotopic (exact) mass is 306 g/mol. The van der Waals surface area contributed by atoms with E-state index in [1.165, 1.54) is 6.07 Å². The Balaban J connectivity index is 0.000000255. The Morgan fingerprint density at radius 3 is 1.91 bits per heavy atom. The molecule has 0 heterocycles. The van der Waals surface area contributed by atoms with Gasteiger partial charge in [0.15, 0.2) is 0 Å². The van der Waals surface area contributed by atoms with E-state index in [9.17, 15) is 20.2 Å². The molecular formula is C12H14N6O4. The highest BCUT2D eigenvalue weighted by Crippen LogP contribution is 2.27. The van der Waals surface area contributed by atoms with Crippen molar-refractivity contribution in [3.05, 3.63) is 68.8 Å². The average Bonchev–Trinajstić information content (AvgIpc) is 2.55. The highest BCUT2D eigenvalue weighted by Gasteiger charge is 2.18. The lowest BCUT2D eigenvalue weighted by molar-refractivity contribution is -0.393. The van der Waals surface area contributed by atoms with Crippen LogP contribution in [0.4, 0.5) is 22.7 Å². The van der Waals surface area contributed by atoms with Gasteiger partial charge in [0.2, 0.25) is 0 Å². The van der Waals surface area contributed by atoms with Gasteiger partial charge in [0.05, 0.1) is 15.9 Å². The zero-order valence-corrected chi connectivity index (χ0v) is 11.3. The number of hydrazine groups is 2. The first-order valence-electron chi connectivity index (χ1n) is 5.90. The van der Waals surface area contributed by atoms with E-state index in [1.807, 2.05) is 30.3 Å². The van der Waals surface area contributed by atoms with Crippen molar-refractivity contribution in [1.82, 2.24) is 0 Å². The van der Waals surface area contributed by atoms with Crippen LogP contribution in [-0.4, -0.2) is 9.85 Å². The summed E-state index contributed by atoms with van der Waals surface area (Å²) in [5, 5.41) is 20.7. The molecule has 2 aromatic carbocycles. The maximum Gasteiger partial charge on any atom is 0.300 e. The van der Waals surface area contributed by atoms with E-state index in [0.717, 1.165) is 17.8 Å². The number of rotatable bonds is 4. The number of nitrogens with one attached hydrogen (secondary N) is 2. The van der Waals surface area contributed by atoms with Gasteiger partial charge in [0.25, 0.3) is 5.69 Å². The summed E-state index contributed by atoms with van der Waals surface area (Å²) in [7, 11) is 0. The van der Waals surface area contributed by atoms with Gasteiger partial charge in [-0.2, -0.15) is 0 Å². The van der Waals surface area contributed by atoms with E-state index in [0.29, 0.717) is 0 Å². The molecule has 0 amide bonds. The van der Waals surface area contributed by atoms with Gasteiger partial charge in [0, 0.05) is 11.8 Å². The number of nitrogens with zero attached hydrogens (tertiary/aromatic N) is 2. The number of nitro benzene ring substituents is 2. The predicted molar refractivity (Wildman–Crippen MR) is 81.8 cm³/mol. The van der Waals surface area contributed by atoms with Crippen molar-refractivity contribution in [1.29, 1.82) is 0 Å². The Morgan fingerprint density at radius 1 is 0.864 bits per heavy atom. The van der Waals surface area contributed by atoms with Crippen LogP contribution < -0.4 is 22.5 Å². The molecule has 0 bridgehead atoms. The maximum atomic E-state index is 10.4. The lowest BCUT2D eigenvalue weighted by atomic mass is 10.2. The summed E-state index contributed by atoms with van der Waals surface area (Å²) in [5.41, 5.74) is 4.79. The molecule has 0 atom stereocenters. The van der Waals surface area contributed by atoms with E-state index in [1.54, 1.807) is 0 Å². The van der Waals surface area contributed by atoms with Crippen LogP contribution in [0.15, 0.2) is 48.5 Å². The fourth-order valence-electron chi connectivity index (χ4n) is 1.44. The molecule has 0 fully saturated rings. The molecule has 2 rings (SSSR count). The molecule has 10 nitrogen and oxygen atoms in total. The van der Waals surface area contributed by atoms with Gasteiger partial charge in [-0.15, -0.1) is 0 Å². The fraction of sp³-hybridized carbons (Fsp3) is 0. The number of hydrogen-bond donors (Lipinski definition) is 4. The SMILES string of the molecule is NNc1ccc([N+](=O)[O-])cc1[N+](=O)[O-].NNc1ccccc1. The maximum absolute atomic E-state index is 10.4. The zero-order valence-electron chi connectivity index (χ0n) is 11.3. The summed E-state index contributed by atoms with van der Waals surface area (Å²) >= 11 is 0. The molecule has 116 valence electrons. The minimum Gasteiger partial charge on any atom is -0.324 e. The number of nitrogens with two attached hydrogens (primary N) is 2. The number of anilines is 2. The third-order valence-electron chi connectivity index (χ3n) is 2.48. The first kappa shape index (κ1) is 16.8. The predicted octanol–water partition coefficient (Wildman–Crippen LogP) is 1.76. The van der Waals surface area contributed by atoms with E-state index < -0.39 is 15.5 Å². The largest absolute Gasteiger partial charge is 0.324 e. The van der Waals surface area contributed by atoms with E-state index in [2.05, 4.69) is 10.9 Å². The number of benzene rings is 2. The van der Waals surface area contributed by atoms with Crippen molar-refractivity contribution in [2.75, 3.05) is 10.9 Å². The average molecular weight is 306 g/mol. The third kappa shape index (κ3) is 4.70.